The highest BCUT2D eigenvalue weighted by Crippen LogP contribution is 2.14. The van der Waals surface area contributed by atoms with E-state index in [9.17, 15) is 18.4 Å². The fourth-order valence-electron chi connectivity index (χ4n) is 1.63. The number of Topliss-reactive ketones (excluding diaryl/α,β-unsaturated/α-hetero) is 1. The number of nitrogens with one attached hydrogen (secondary N) is 1. The Labute approximate surface area is 129 Å². The average molecular weight is 323 g/mol. The van der Waals surface area contributed by atoms with Gasteiger partial charge in [0.1, 0.15) is 0 Å². The number of thiazole rings is 1. The molecule has 0 spiro atoms. The van der Waals surface area contributed by atoms with Gasteiger partial charge in [0, 0.05) is 17.1 Å². The second-order valence-corrected chi connectivity index (χ2v) is 6.91. The normalized spacial score (nSPS) is 13.7. The van der Waals surface area contributed by atoms with Crippen LogP contribution in [0.25, 0.3) is 12.2 Å². The third-order valence-electron chi connectivity index (χ3n) is 2.95. The number of rotatable bonds is 2. The lowest BCUT2D eigenvalue weighted by molar-refractivity contribution is -0.119. The van der Waals surface area contributed by atoms with Crippen LogP contribution in [0.5, 0.6) is 0 Å². The molecule has 0 fully saturated rings. The Morgan fingerprint density at radius 1 is 1.27 bits per heavy atom. The van der Waals surface area contributed by atoms with Gasteiger partial charge in [-0.15, -0.1) is 11.3 Å². The zero-order valence-electron chi connectivity index (χ0n) is 12.4. The zero-order chi connectivity index (χ0) is 16.5. The first-order valence-electron chi connectivity index (χ1n) is 6.59. The van der Waals surface area contributed by atoms with Gasteiger partial charge in [0.25, 0.3) is 5.56 Å². The fraction of sp³-hybridized carbons (Fsp3) is 0.250. The number of hydrogen-bond donors (Lipinski definition) is 1. The van der Waals surface area contributed by atoms with Crippen LogP contribution < -0.4 is 14.8 Å². The summed E-state index contributed by atoms with van der Waals surface area (Å²) in [6, 6.07) is 3.75. The van der Waals surface area contributed by atoms with Crippen LogP contribution in [0, 0.1) is 17.0 Å². The maximum atomic E-state index is 13.6. The standard InChI is InChI=1S/C16H15F2NO2S/c1-16(2,3)12(20)8-13-19-15(21)11(22-13)7-9-5-4-6-10(17)14(9)18/h4-8H,1-3H3,(H,19,21). The van der Waals surface area contributed by atoms with Gasteiger partial charge in [0.05, 0.1) is 9.20 Å². The van der Waals surface area contributed by atoms with Gasteiger partial charge in [-0.05, 0) is 12.1 Å². The quantitative estimate of drug-likeness (QED) is 0.918. The van der Waals surface area contributed by atoms with E-state index in [0.717, 1.165) is 17.4 Å². The van der Waals surface area contributed by atoms with Crippen molar-refractivity contribution < 1.29 is 13.6 Å². The predicted molar refractivity (Wildman–Crippen MR) is 83.0 cm³/mol. The first kappa shape index (κ1) is 16.3. The lowest BCUT2D eigenvalue weighted by Gasteiger charge is -2.12. The van der Waals surface area contributed by atoms with Gasteiger partial charge in [0.15, 0.2) is 17.4 Å². The lowest BCUT2D eigenvalue weighted by Crippen LogP contribution is -2.22. The fourth-order valence-corrected chi connectivity index (χ4v) is 2.51. The summed E-state index contributed by atoms with van der Waals surface area (Å²) in [7, 11) is 0. The topological polar surface area (TPSA) is 49.9 Å². The smallest absolute Gasteiger partial charge is 0.266 e. The molecule has 0 radical (unpaired) electrons. The Kier molecular flexibility index (Phi) is 4.42. The maximum Gasteiger partial charge on any atom is 0.266 e. The Morgan fingerprint density at radius 2 is 1.95 bits per heavy atom. The molecule has 1 aromatic carbocycles. The molecule has 1 heterocycles. The van der Waals surface area contributed by atoms with Crippen molar-refractivity contribution in [3.05, 3.63) is 54.9 Å². The first-order valence-corrected chi connectivity index (χ1v) is 7.41. The van der Waals surface area contributed by atoms with E-state index in [1.807, 2.05) is 0 Å². The number of halogens is 2. The number of aromatic amines is 1. The van der Waals surface area contributed by atoms with Crippen molar-refractivity contribution in [1.29, 1.82) is 0 Å². The van der Waals surface area contributed by atoms with Gasteiger partial charge >= 0.3 is 0 Å². The average Bonchev–Trinajstić information content (AvgIpc) is 2.74. The van der Waals surface area contributed by atoms with Crippen molar-refractivity contribution in [2.24, 2.45) is 5.41 Å². The molecular weight excluding hydrogens is 308 g/mol. The molecule has 2 aromatic rings. The molecule has 0 amide bonds. The second kappa shape index (κ2) is 5.96. The van der Waals surface area contributed by atoms with Crippen LogP contribution in [0.3, 0.4) is 0 Å². The van der Waals surface area contributed by atoms with Crippen LogP contribution >= 0.6 is 11.3 Å². The van der Waals surface area contributed by atoms with E-state index in [2.05, 4.69) is 4.98 Å². The minimum Gasteiger partial charge on any atom is -0.313 e. The second-order valence-electron chi connectivity index (χ2n) is 5.83. The number of aromatic nitrogens is 1. The van der Waals surface area contributed by atoms with Crippen LogP contribution in [-0.2, 0) is 4.79 Å². The van der Waals surface area contributed by atoms with Crippen molar-refractivity contribution in [3.63, 3.8) is 0 Å². The molecule has 0 saturated carbocycles. The molecule has 2 rings (SSSR count). The number of hydrogen-bond acceptors (Lipinski definition) is 3. The van der Waals surface area contributed by atoms with Crippen molar-refractivity contribution in [2.45, 2.75) is 20.8 Å². The molecule has 116 valence electrons. The van der Waals surface area contributed by atoms with Crippen molar-refractivity contribution in [2.75, 3.05) is 0 Å². The number of H-pyrrole nitrogens is 1. The Morgan fingerprint density at radius 3 is 2.59 bits per heavy atom. The molecule has 0 saturated heterocycles. The van der Waals surface area contributed by atoms with E-state index in [0.29, 0.717) is 4.66 Å². The Balaban J connectivity index is 2.54. The van der Waals surface area contributed by atoms with Crippen LogP contribution in [0.4, 0.5) is 8.78 Å². The minimum atomic E-state index is -1.01. The summed E-state index contributed by atoms with van der Waals surface area (Å²) in [5, 5.41) is 0. The van der Waals surface area contributed by atoms with E-state index >= 15 is 0 Å². The molecule has 0 aliphatic carbocycles. The molecule has 0 aliphatic rings. The summed E-state index contributed by atoms with van der Waals surface area (Å²) in [5.41, 5.74) is -1.01. The SMILES string of the molecule is CC(C)(C)C(=O)C=c1[nH]c(=O)c(=Cc2cccc(F)c2F)s1. The van der Waals surface area contributed by atoms with E-state index in [1.54, 1.807) is 20.8 Å². The summed E-state index contributed by atoms with van der Waals surface area (Å²) < 4.78 is 27.4. The Hall–Kier alpha value is -2.08. The van der Waals surface area contributed by atoms with E-state index in [4.69, 9.17) is 0 Å². The first-order chi connectivity index (χ1) is 10.2. The third-order valence-corrected chi connectivity index (χ3v) is 3.91. The largest absolute Gasteiger partial charge is 0.313 e. The summed E-state index contributed by atoms with van der Waals surface area (Å²) in [6.07, 6.45) is 2.62. The van der Waals surface area contributed by atoms with Gasteiger partial charge in [-0.25, -0.2) is 8.78 Å². The van der Waals surface area contributed by atoms with Crippen LogP contribution in [0.15, 0.2) is 23.0 Å². The van der Waals surface area contributed by atoms with Gasteiger partial charge in [-0.2, -0.15) is 0 Å². The zero-order valence-corrected chi connectivity index (χ0v) is 13.2. The van der Waals surface area contributed by atoms with Crippen molar-refractivity contribution >= 4 is 29.3 Å². The summed E-state index contributed by atoms with van der Waals surface area (Å²) in [4.78, 5) is 26.3. The molecule has 0 atom stereocenters. The highest BCUT2D eigenvalue weighted by Gasteiger charge is 2.18. The number of carbonyl (C=O) groups excluding carboxylic acids is 1. The molecule has 1 aromatic heterocycles. The Bertz CT molecular complexity index is 888. The monoisotopic (exact) mass is 323 g/mol. The number of ketones is 1. The van der Waals surface area contributed by atoms with Crippen LogP contribution in [-0.4, -0.2) is 10.8 Å². The molecule has 0 bridgehead atoms. The molecule has 0 aliphatic heterocycles. The van der Waals surface area contributed by atoms with Gasteiger partial charge in [-0.3, -0.25) is 9.59 Å². The van der Waals surface area contributed by atoms with Gasteiger partial charge in [0.2, 0.25) is 0 Å². The summed E-state index contributed by atoms with van der Waals surface area (Å²) in [5.74, 6) is -2.11. The molecule has 0 unspecified atom stereocenters. The predicted octanol–water partition coefficient (Wildman–Crippen LogP) is 1.94. The van der Waals surface area contributed by atoms with Crippen LogP contribution in [0.2, 0.25) is 0 Å². The number of carbonyl (C=O) groups is 1. The van der Waals surface area contributed by atoms with E-state index in [-0.39, 0.29) is 15.9 Å². The third kappa shape index (κ3) is 3.57. The molecular formula is C16H15F2NO2S. The highest BCUT2D eigenvalue weighted by molar-refractivity contribution is 7.07. The van der Waals surface area contributed by atoms with Gasteiger partial charge in [-0.1, -0.05) is 32.9 Å². The highest BCUT2D eigenvalue weighted by atomic mass is 32.1. The molecule has 6 heteroatoms. The summed E-state index contributed by atoms with van der Waals surface area (Å²) >= 11 is 1.02. The van der Waals surface area contributed by atoms with Crippen LogP contribution in [0.1, 0.15) is 26.3 Å². The van der Waals surface area contributed by atoms with Crippen molar-refractivity contribution in [1.82, 2.24) is 4.98 Å². The molecule has 1 N–H and O–H groups in total. The summed E-state index contributed by atoms with van der Waals surface area (Å²) in [6.45, 7) is 5.31. The lowest BCUT2D eigenvalue weighted by atomic mass is 9.91. The van der Waals surface area contributed by atoms with Gasteiger partial charge < -0.3 is 4.98 Å². The maximum absolute atomic E-state index is 13.6. The van der Waals surface area contributed by atoms with E-state index in [1.165, 1.54) is 24.3 Å². The minimum absolute atomic E-state index is 0.0129. The molecule has 3 nitrogen and oxygen atoms in total. The van der Waals surface area contributed by atoms with E-state index < -0.39 is 22.6 Å². The van der Waals surface area contributed by atoms with Crippen molar-refractivity contribution in [3.8, 4) is 0 Å². The molecule has 22 heavy (non-hydrogen) atoms. The number of benzene rings is 1.